The summed E-state index contributed by atoms with van der Waals surface area (Å²) in [6, 6.07) is 9.88. The van der Waals surface area contributed by atoms with Gasteiger partial charge in [0.15, 0.2) is 0 Å². The number of benzene rings is 1. The normalized spacial score (nSPS) is 15.6. The number of carbonyl (C=O) groups is 1. The van der Waals surface area contributed by atoms with Crippen LogP contribution in [0.2, 0.25) is 0 Å². The third-order valence-corrected chi connectivity index (χ3v) is 3.01. The predicted molar refractivity (Wildman–Crippen MR) is 65.4 cm³/mol. The summed E-state index contributed by atoms with van der Waals surface area (Å²) in [5, 5.41) is 3.19. The molecule has 0 aliphatic carbocycles. The standard InChI is InChI=1S/C13H18N2O/c1-2-15(12-6-4-3-5-7-12)13(16)8-11-9-14-10-11/h3-7,11,14H,2,8-10H2,1H3. The highest BCUT2D eigenvalue weighted by Crippen LogP contribution is 2.17. The fourth-order valence-corrected chi connectivity index (χ4v) is 1.96. The number of nitrogens with one attached hydrogen (secondary N) is 1. The summed E-state index contributed by atoms with van der Waals surface area (Å²) in [4.78, 5) is 13.9. The Morgan fingerprint density at radius 1 is 1.38 bits per heavy atom. The molecule has 3 heteroatoms. The lowest BCUT2D eigenvalue weighted by atomic mass is 9.98. The van der Waals surface area contributed by atoms with Gasteiger partial charge in [0.25, 0.3) is 0 Å². The van der Waals surface area contributed by atoms with E-state index in [4.69, 9.17) is 0 Å². The van der Waals surface area contributed by atoms with Crippen LogP contribution in [-0.4, -0.2) is 25.5 Å². The molecule has 0 saturated carbocycles. The SMILES string of the molecule is CCN(C(=O)CC1CNC1)c1ccccc1. The Balaban J connectivity index is 2.01. The predicted octanol–water partition coefficient (Wildman–Crippen LogP) is 1.65. The maximum absolute atomic E-state index is 12.1. The van der Waals surface area contributed by atoms with Gasteiger partial charge in [0.1, 0.15) is 0 Å². The fraction of sp³-hybridized carbons (Fsp3) is 0.462. The summed E-state index contributed by atoms with van der Waals surface area (Å²) < 4.78 is 0. The molecule has 3 nitrogen and oxygen atoms in total. The van der Waals surface area contributed by atoms with Crippen molar-refractivity contribution < 1.29 is 4.79 Å². The summed E-state index contributed by atoms with van der Waals surface area (Å²) in [6.45, 7) is 4.73. The van der Waals surface area contributed by atoms with Gasteiger partial charge in [-0.3, -0.25) is 4.79 Å². The van der Waals surface area contributed by atoms with Crippen molar-refractivity contribution in [2.75, 3.05) is 24.5 Å². The minimum absolute atomic E-state index is 0.236. The van der Waals surface area contributed by atoms with Gasteiger partial charge < -0.3 is 10.2 Å². The summed E-state index contributed by atoms with van der Waals surface area (Å²) in [6.07, 6.45) is 0.662. The molecule has 1 aliphatic heterocycles. The van der Waals surface area contributed by atoms with Crippen LogP contribution in [-0.2, 0) is 4.79 Å². The second kappa shape index (κ2) is 5.12. The van der Waals surface area contributed by atoms with Crippen molar-refractivity contribution >= 4 is 11.6 Å². The van der Waals surface area contributed by atoms with Crippen molar-refractivity contribution in [3.63, 3.8) is 0 Å². The van der Waals surface area contributed by atoms with Crippen LogP contribution >= 0.6 is 0 Å². The molecule has 0 bridgehead atoms. The van der Waals surface area contributed by atoms with Gasteiger partial charge >= 0.3 is 0 Å². The molecule has 1 amide bonds. The van der Waals surface area contributed by atoms with Gasteiger partial charge in [-0.1, -0.05) is 18.2 Å². The smallest absolute Gasteiger partial charge is 0.227 e. The van der Waals surface area contributed by atoms with Crippen LogP contribution in [0.5, 0.6) is 0 Å². The Morgan fingerprint density at radius 2 is 2.06 bits per heavy atom. The zero-order valence-corrected chi connectivity index (χ0v) is 9.65. The first kappa shape index (κ1) is 11.1. The number of para-hydroxylation sites is 1. The second-order valence-electron chi connectivity index (χ2n) is 4.20. The molecule has 1 N–H and O–H groups in total. The fourth-order valence-electron chi connectivity index (χ4n) is 1.96. The van der Waals surface area contributed by atoms with E-state index in [1.807, 2.05) is 42.2 Å². The molecule has 1 heterocycles. The van der Waals surface area contributed by atoms with E-state index in [1.54, 1.807) is 0 Å². The van der Waals surface area contributed by atoms with Crippen molar-refractivity contribution in [2.45, 2.75) is 13.3 Å². The van der Waals surface area contributed by atoms with Gasteiger partial charge in [0.05, 0.1) is 0 Å². The summed E-state index contributed by atoms with van der Waals surface area (Å²) in [5.41, 5.74) is 1.00. The van der Waals surface area contributed by atoms with Crippen molar-refractivity contribution in [1.82, 2.24) is 5.32 Å². The summed E-state index contributed by atoms with van der Waals surface area (Å²) in [5.74, 6) is 0.769. The molecule has 1 aromatic rings. The van der Waals surface area contributed by atoms with E-state index in [2.05, 4.69) is 5.32 Å². The minimum atomic E-state index is 0.236. The van der Waals surface area contributed by atoms with Crippen LogP contribution in [0.4, 0.5) is 5.69 Å². The Bertz CT molecular complexity index is 346. The molecular formula is C13H18N2O. The van der Waals surface area contributed by atoms with E-state index >= 15 is 0 Å². The molecule has 16 heavy (non-hydrogen) atoms. The highest BCUT2D eigenvalue weighted by molar-refractivity contribution is 5.93. The van der Waals surface area contributed by atoms with Gasteiger partial charge in [-0.05, 0) is 38.1 Å². The van der Waals surface area contributed by atoms with Crippen LogP contribution in [0.15, 0.2) is 30.3 Å². The number of rotatable bonds is 4. The summed E-state index contributed by atoms with van der Waals surface area (Å²) in [7, 11) is 0. The average Bonchev–Trinajstić information content (AvgIpc) is 2.26. The van der Waals surface area contributed by atoms with Crippen LogP contribution in [0.25, 0.3) is 0 Å². The van der Waals surface area contributed by atoms with Crippen molar-refractivity contribution in [3.05, 3.63) is 30.3 Å². The molecule has 1 aliphatic rings. The number of amides is 1. The molecule has 2 rings (SSSR count). The minimum Gasteiger partial charge on any atom is -0.316 e. The van der Waals surface area contributed by atoms with Gasteiger partial charge in [0.2, 0.25) is 5.91 Å². The van der Waals surface area contributed by atoms with E-state index in [0.717, 1.165) is 25.3 Å². The molecule has 0 radical (unpaired) electrons. The first-order valence-electron chi connectivity index (χ1n) is 5.87. The molecule has 0 unspecified atom stereocenters. The van der Waals surface area contributed by atoms with Crippen LogP contribution in [0.1, 0.15) is 13.3 Å². The maximum Gasteiger partial charge on any atom is 0.227 e. The van der Waals surface area contributed by atoms with Crippen molar-refractivity contribution in [1.29, 1.82) is 0 Å². The van der Waals surface area contributed by atoms with E-state index in [-0.39, 0.29) is 5.91 Å². The van der Waals surface area contributed by atoms with Crippen LogP contribution in [0.3, 0.4) is 0 Å². The van der Waals surface area contributed by atoms with Gasteiger partial charge in [-0.15, -0.1) is 0 Å². The molecule has 0 atom stereocenters. The zero-order chi connectivity index (χ0) is 11.4. The topological polar surface area (TPSA) is 32.3 Å². The molecule has 0 spiro atoms. The van der Waals surface area contributed by atoms with Gasteiger partial charge in [-0.2, -0.15) is 0 Å². The molecule has 86 valence electrons. The van der Waals surface area contributed by atoms with Gasteiger partial charge in [0, 0.05) is 18.7 Å². The number of hydrogen-bond donors (Lipinski definition) is 1. The molecule has 0 aromatic heterocycles. The van der Waals surface area contributed by atoms with Crippen molar-refractivity contribution in [3.8, 4) is 0 Å². The van der Waals surface area contributed by atoms with Crippen molar-refractivity contribution in [2.24, 2.45) is 5.92 Å². The first-order valence-corrected chi connectivity index (χ1v) is 5.87. The zero-order valence-electron chi connectivity index (χ0n) is 9.65. The lowest BCUT2D eigenvalue weighted by Crippen LogP contribution is -2.45. The van der Waals surface area contributed by atoms with E-state index in [9.17, 15) is 4.79 Å². The lowest BCUT2D eigenvalue weighted by molar-refractivity contribution is -0.119. The Hall–Kier alpha value is -1.35. The largest absolute Gasteiger partial charge is 0.316 e. The number of hydrogen-bond acceptors (Lipinski definition) is 2. The third-order valence-electron chi connectivity index (χ3n) is 3.01. The molecular weight excluding hydrogens is 200 g/mol. The maximum atomic E-state index is 12.1. The lowest BCUT2D eigenvalue weighted by Gasteiger charge is -2.29. The molecule has 1 saturated heterocycles. The Labute approximate surface area is 96.5 Å². The summed E-state index contributed by atoms with van der Waals surface area (Å²) >= 11 is 0. The first-order chi connectivity index (χ1) is 7.81. The second-order valence-corrected chi connectivity index (χ2v) is 4.20. The number of carbonyl (C=O) groups excluding carboxylic acids is 1. The Morgan fingerprint density at radius 3 is 2.56 bits per heavy atom. The highest BCUT2D eigenvalue weighted by atomic mass is 16.2. The third kappa shape index (κ3) is 2.42. The van der Waals surface area contributed by atoms with Gasteiger partial charge in [-0.25, -0.2) is 0 Å². The molecule has 1 aromatic carbocycles. The Kier molecular flexibility index (Phi) is 3.57. The highest BCUT2D eigenvalue weighted by Gasteiger charge is 2.23. The van der Waals surface area contributed by atoms with Crippen LogP contribution in [0, 0.1) is 5.92 Å². The average molecular weight is 218 g/mol. The quantitative estimate of drug-likeness (QED) is 0.833. The van der Waals surface area contributed by atoms with E-state index in [1.165, 1.54) is 0 Å². The van der Waals surface area contributed by atoms with E-state index in [0.29, 0.717) is 12.3 Å². The van der Waals surface area contributed by atoms with E-state index < -0.39 is 0 Å². The monoisotopic (exact) mass is 218 g/mol. The number of anilines is 1. The van der Waals surface area contributed by atoms with Crippen LogP contribution < -0.4 is 10.2 Å². The molecule has 1 fully saturated rings. The number of nitrogens with zero attached hydrogens (tertiary/aromatic N) is 1.